The Hall–Kier alpha value is -4.24. The number of guanidine groups is 1. The number of hydrogen-bond acceptors (Lipinski definition) is 8. The number of carboxylic acids is 1. The molecule has 5 unspecified atom stereocenters. The smallest absolute Gasteiger partial charge is 0.326 e. The molecule has 0 spiro atoms. The van der Waals surface area contributed by atoms with Crippen molar-refractivity contribution in [1.29, 1.82) is 0 Å². The van der Waals surface area contributed by atoms with E-state index in [-0.39, 0.29) is 25.3 Å². The van der Waals surface area contributed by atoms with Crippen LogP contribution in [0, 0.1) is 0 Å². The number of nitrogens with two attached hydrogens (primary N) is 4. The van der Waals surface area contributed by atoms with Gasteiger partial charge in [0.2, 0.25) is 23.6 Å². The lowest BCUT2D eigenvalue weighted by Crippen LogP contribution is -2.60. The summed E-state index contributed by atoms with van der Waals surface area (Å²) in [5.74, 6) is -5.15. The van der Waals surface area contributed by atoms with Crippen molar-refractivity contribution in [3.63, 3.8) is 0 Å². The third kappa shape index (κ3) is 11.7. The first-order valence-electron chi connectivity index (χ1n) is 11.8. The molecule has 0 aliphatic heterocycles. The Balaban J connectivity index is 3.02. The summed E-state index contributed by atoms with van der Waals surface area (Å²) in [6, 6.07) is 3.21. The Bertz CT molecular complexity index is 999. The van der Waals surface area contributed by atoms with Gasteiger partial charge in [0.15, 0.2) is 5.96 Å². The van der Waals surface area contributed by atoms with Crippen LogP contribution in [0.5, 0.6) is 0 Å². The SMILES string of the molecule is CC(O)C(NC(=O)C(Cc1ccccc1)NC(=O)C(N)CCCN=C(N)N)C(=O)NC(CC(N)=O)C(=O)O. The van der Waals surface area contributed by atoms with Gasteiger partial charge in [0, 0.05) is 13.0 Å². The van der Waals surface area contributed by atoms with Crippen LogP contribution in [0.15, 0.2) is 35.3 Å². The van der Waals surface area contributed by atoms with E-state index in [0.717, 1.165) is 0 Å². The number of aliphatic hydroxyl groups excluding tert-OH is 1. The van der Waals surface area contributed by atoms with Crippen LogP contribution in [0.3, 0.4) is 0 Å². The van der Waals surface area contributed by atoms with Crippen molar-refractivity contribution < 1.29 is 34.2 Å². The molecule has 0 fully saturated rings. The molecule has 0 saturated carbocycles. The lowest BCUT2D eigenvalue weighted by Gasteiger charge is -2.26. The van der Waals surface area contributed by atoms with Crippen LogP contribution in [-0.2, 0) is 30.4 Å². The van der Waals surface area contributed by atoms with Crippen LogP contribution in [-0.4, -0.2) is 82.6 Å². The second kappa shape index (κ2) is 15.8. The summed E-state index contributed by atoms with van der Waals surface area (Å²) < 4.78 is 0. The third-order valence-electron chi connectivity index (χ3n) is 5.30. The maximum atomic E-state index is 13.2. The van der Waals surface area contributed by atoms with Gasteiger partial charge in [0.05, 0.1) is 18.6 Å². The first kappa shape index (κ1) is 31.8. The van der Waals surface area contributed by atoms with Crippen molar-refractivity contribution in [3.8, 4) is 0 Å². The molecule has 210 valence electrons. The van der Waals surface area contributed by atoms with Crippen LogP contribution in [0.4, 0.5) is 0 Å². The molecule has 4 amide bonds. The number of rotatable bonds is 16. The van der Waals surface area contributed by atoms with Gasteiger partial charge in [0.1, 0.15) is 18.1 Å². The predicted molar refractivity (Wildman–Crippen MR) is 137 cm³/mol. The molecule has 15 nitrogen and oxygen atoms in total. The van der Waals surface area contributed by atoms with Gasteiger partial charge in [-0.2, -0.15) is 0 Å². The molecule has 0 heterocycles. The number of aliphatic hydroxyl groups is 1. The molecule has 15 heteroatoms. The third-order valence-corrected chi connectivity index (χ3v) is 5.30. The number of nitrogens with zero attached hydrogens (tertiary/aromatic N) is 1. The second-order valence-corrected chi connectivity index (χ2v) is 8.60. The fourth-order valence-electron chi connectivity index (χ4n) is 3.31. The van der Waals surface area contributed by atoms with Crippen molar-refractivity contribution in [2.75, 3.05) is 6.54 Å². The number of nitrogens with one attached hydrogen (secondary N) is 3. The zero-order valence-corrected chi connectivity index (χ0v) is 21.0. The van der Waals surface area contributed by atoms with Gasteiger partial charge in [0.25, 0.3) is 0 Å². The molecule has 0 saturated heterocycles. The Kier molecular flexibility index (Phi) is 13.2. The van der Waals surface area contributed by atoms with E-state index in [1.54, 1.807) is 30.3 Å². The number of carboxylic acid groups (broad SMARTS) is 1. The van der Waals surface area contributed by atoms with Crippen LogP contribution in [0.1, 0.15) is 31.7 Å². The predicted octanol–water partition coefficient (Wildman–Crippen LogP) is -3.59. The van der Waals surface area contributed by atoms with E-state index in [1.807, 2.05) is 0 Å². The Labute approximate surface area is 219 Å². The fraction of sp³-hybridized carbons (Fsp3) is 0.478. The van der Waals surface area contributed by atoms with E-state index >= 15 is 0 Å². The highest BCUT2D eigenvalue weighted by Crippen LogP contribution is 2.07. The summed E-state index contributed by atoms with van der Waals surface area (Å²) in [4.78, 5) is 64.9. The molecule has 0 radical (unpaired) electrons. The van der Waals surface area contributed by atoms with Crippen molar-refractivity contribution >= 4 is 35.6 Å². The number of aliphatic imine (C=N–C) groups is 1. The molecule has 1 aromatic carbocycles. The molecular weight excluding hydrogens is 500 g/mol. The van der Waals surface area contributed by atoms with Crippen molar-refractivity contribution in [1.82, 2.24) is 16.0 Å². The first-order chi connectivity index (χ1) is 17.8. The van der Waals surface area contributed by atoms with Gasteiger partial charge in [-0.1, -0.05) is 30.3 Å². The van der Waals surface area contributed by atoms with Gasteiger partial charge in [-0.15, -0.1) is 0 Å². The lowest BCUT2D eigenvalue weighted by atomic mass is 10.0. The highest BCUT2D eigenvalue weighted by Gasteiger charge is 2.33. The maximum Gasteiger partial charge on any atom is 0.326 e. The molecule has 5 atom stereocenters. The van der Waals surface area contributed by atoms with Gasteiger partial charge in [-0.05, 0) is 25.3 Å². The number of hydrogen-bond donors (Lipinski definition) is 9. The summed E-state index contributed by atoms with van der Waals surface area (Å²) in [6.45, 7) is 1.46. The molecule has 0 aromatic heterocycles. The Morgan fingerprint density at radius 3 is 2.05 bits per heavy atom. The van der Waals surface area contributed by atoms with Crippen molar-refractivity contribution in [3.05, 3.63) is 35.9 Å². The van der Waals surface area contributed by atoms with Gasteiger partial charge >= 0.3 is 5.97 Å². The monoisotopic (exact) mass is 536 g/mol. The largest absolute Gasteiger partial charge is 0.480 e. The molecule has 0 aliphatic carbocycles. The molecule has 1 aromatic rings. The van der Waals surface area contributed by atoms with E-state index in [2.05, 4.69) is 20.9 Å². The molecule has 13 N–H and O–H groups in total. The standard InChI is InChI=1S/C23H36N8O7/c1-12(32)18(21(36)30-16(22(37)38)11-17(25)33)31-20(35)15(10-13-6-3-2-4-7-13)29-19(34)14(24)8-5-9-28-23(26)27/h2-4,6-7,12,14-16,18,32H,5,8-11,24H2,1H3,(H2,25,33)(H,29,34)(H,30,36)(H,31,35)(H,37,38)(H4,26,27,28). The van der Waals surface area contributed by atoms with E-state index in [1.165, 1.54) is 6.92 Å². The number of primary amides is 1. The Morgan fingerprint density at radius 2 is 1.53 bits per heavy atom. The first-order valence-corrected chi connectivity index (χ1v) is 11.8. The van der Waals surface area contributed by atoms with E-state index < -0.39 is 66.3 Å². The topological polar surface area (TPSA) is 278 Å². The maximum absolute atomic E-state index is 13.2. The summed E-state index contributed by atoms with van der Waals surface area (Å²) in [5, 5.41) is 26.3. The minimum absolute atomic E-state index is 0.0205. The van der Waals surface area contributed by atoms with Gasteiger partial charge < -0.3 is 49.1 Å². The number of aliphatic carboxylic acids is 1. The lowest BCUT2D eigenvalue weighted by molar-refractivity contribution is -0.144. The Morgan fingerprint density at radius 1 is 0.921 bits per heavy atom. The summed E-state index contributed by atoms with van der Waals surface area (Å²) >= 11 is 0. The fourth-order valence-corrected chi connectivity index (χ4v) is 3.31. The summed E-state index contributed by atoms with van der Waals surface area (Å²) in [5.41, 5.74) is 22.2. The van der Waals surface area contributed by atoms with E-state index in [9.17, 15) is 34.2 Å². The van der Waals surface area contributed by atoms with Crippen LogP contribution in [0.25, 0.3) is 0 Å². The highest BCUT2D eigenvalue weighted by atomic mass is 16.4. The van der Waals surface area contributed by atoms with E-state index in [0.29, 0.717) is 12.0 Å². The molecule has 0 aliphatic rings. The average molecular weight is 537 g/mol. The molecule has 1 rings (SSSR count). The average Bonchev–Trinajstić information content (AvgIpc) is 2.83. The number of amides is 4. The van der Waals surface area contributed by atoms with Crippen LogP contribution >= 0.6 is 0 Å². The zero-order chi connectivity index (χ0) is 28.8. The highest BCUT2D eigenvalue weighted by molar-refractivity contribution is 5.95. The van der Waals surface area contributed by atoms with Gasteiger partial charge in [-0.25, -0.2) is 4.79 Å². The van der Waals surface area contributed by atoms with Crippen LogP contribution in [0.2, 0.25) is 0 Å². The van der Waals surface area contributed by atoms with Crippen molar-refractivity contribution in [2.45, 2.75) is 62.9 Å². The number of benzene rings is 1. The quantitative estimate of drug-likeness (QED) is 0.0568. The molecule has 38 heavy (non-hydrogen) atoms. The van der Waals surface area contributed by atoms with Crippen molar-refractivity contribution in [2.24, 2.45) is 27.9 Å². The minimum atomic E-state index is -1.67. The second-order valence-electron chi connectivity index (χ2n) is 8.60. The summed E-state index contributed by atoms with van der Waals surface area (Å²) in [6.07, 6.45) is -1.52. The zero-order valence-electron chi connectivity index (χ0n) is 21.0. The van der Waals surface area contributed by atoms with Gasteiger partial charge in [-0.3, -0.25) is 24.2 Å². The normalized spacial score (nSPS) is 14.6. The van der Waals surface area contributed by atoms with Crippen LogP contribution < -0.4 is 38.9 Å². The number of carbonyl (C=O) groups is 5. The minimum Gasteiger partial charge on any atom is -0.480 e. The number of carbonyl (C=O) groups excluding carboxylic acids is 4. The molecular formula is C23H36N8O7. The van der Waals surface area contributed by atoms with E-state index in [4.69, 9.17) is 22.9 Å². The molecule has 0 bridgehead atoms. The summed E-state index contributed by atoms with van der Waals surface area (Å²) in [7, 11) is 0.